The van der Waals surface area contributed by atoms with E-state index >= 15 is 0 Å². The number of allylic oxidation sites excluding steroid dienone is 1. The van der Waals surface area contributed by atoms with Crippen molar-refractivity contribution in [3.8, 4) is 0 Å². The zero-order valence-corrected chi connectivity index (χ0v) is 13.7. The SMILES string of the molecule is O=C(O)C1=CO[C@@H](O[C@H]2O[C@H](CO)[C@@H](O)[C@H](O)[C@@H]2O)[C@@H]2C(CO)=CC[C@H]12. The Morgan fingerprint density at radius 1 is 1.15 bits per heavy atom. The number of hydrogen-bond acceptors (Lipinski definition) is 9. The van der Waals surface area contributed by atoms with Gasteiger partial charge in [-0.15, -0.1) is 0 Å². The Labute approximate surface area is 148 Å². The van der Waals surface area contributed by atoms with Crippen molar-refractivity contribution in [2.45, 2.75) is 43.4 Å². The molecule has 1 aliphatic carbocycles. The quantitative estimate of drug-likeness (QED) is 0.288. The molecule has 0 spiro atoms. The van der Waals surface area contributed by atoms with Crippen LogP contribution in [0.5, 0.6) is 0 Å². The fourth-order valence-corrected chi connectivity index (χ4v) is 3.62. The lowest BCUT2D eigenvalue weighted by molar-refractivity contribution is -0.339. The monoisotopic (exact) mass is 374 g/mol. The Balaban J connectivity index is 1.80. The van der Waals surface area contributed by atoms with Gasteiger partial charge in [0.2, 0.25) is 6.29 Å². The Morgan fingerprint density at radius 2 is 1.88 bits per heavy atom. The number of carbonyl (C=O) groups is 1. The molecule has 10 nitrogen and oxygen atoms in total. The second-order valence-corrected chi connectivity index (χ2v) is 6.52. The van der Waals surface area contributed by atoms with Crippen LogP contribution in [0.15, 0.2) is 23.5 Å². The molecule has 0 aromatic heterocycles. The number of aliphatic hydroxyl groups is 5. The van der Waals surface area contributed by atoms with Gasteiger partial charge in [-0.3, -0.25) is 0 Å². The van der Waals surface area contributed by atoms with Crippen LogP contribution >= 0.6 is 0 Å². The van der Waals surface area contributed by atoms with Gasteiger partial charge < -0.3 is 44.8 Å². The molecule has 0 aromatic rings. The van der Waals surface area contributed by atoms with Crippen LogP contribution in [0.1, 0.15) is 6.42 Å². The minimum Gasteiger partial charge on any atom is -0.478 e. The lowest BCUT2D eigenvalue weighted by Gasteiger charge is -2.42. The van der Waals surface area contributed by atoms with Gasteiger partial charge in [0, 0.05) is 5.92 Å². The molecule has 0 amide bonds. The van der Waals surface area contributed by atoms with Crippen LogP contribution in [-0.2, 0) is 19.0 Å². The normalized spacial score (nSPS) is 42.5. The Hall–Kier alpha value is -1.53. The molecule has 8 atom stereocenters. The highest BCUT2D eigenvalue weighted by Crippen LogP contribution is 2.44. The van der Waals surface area contributed by atoms with Crippen molar-refractivity contribution in [3.05, 3.63) is 23.5 Å². The van der Waals surface area contributed by atoms with E-state index in [0.717, 1.165) is 6.26 Å². The van der Waals surface area contributed by atoms with Crippen molar-refractivity contribution in [3.63, 3.8) is 0 Å². The van der Waals surface area contributed by atoms with E-state index < -0.39 is 61.4 Å². The lowest BCUT2D eigenvalue weighted by atomic mass is 9.83. The van der Waals surface area contributed by atoms with Crippen molar-refractivity contribution >= 4 is 5.97 Å². The maximum absolute atomic E-state index is 11.4. The van der Waals surface area contributed by atoms with E-state index in [1.807, 2.05) is 0 Å². The summed E-state index contributed by atoms with van der Waals surface area (Å²) in [7, 11) is 0. The fraction of sp³-hybridized carbons (Fsp3) is 0.688. The molecule has 146 valence electrons. The maximum atomic E-state index is 11.4. The number of aliphatic hydroxyl groups excluding tert-OH is 5. The maximum Gasteiger partial charge on any atom is 0.335 e. The van der Waals surface area contributed by atoms with Gasteiger partial charge in [0.15, 0.2) is 6.29 Å². The summed E-state index contributed by atoms with van der Waals surface area (Å²) in [6.45, 7) is -0.917. The highest BCUT2D eigenvalue weighted by atomic mass is 16.8. The molecule has 0 saturated carbocycles. The van der Waals surface area contributed by atoms with Crippen LogP contribution in [0.4, 0.5) is 0 Å². The average Bonchev–Trinajstić information content (AvgIpc) is 3.06. The van der Waals surface area contributed by atoms with E-state index in [1.165, 1.54) is 0 Å². The largest absolute Gasteiger partial charge is 0.478 e. The number of rotatable bonds is 5. The molecule has 2 heterocycles. The van der Waals surface area contributed by atoms with Crippen LogP contribution in [0.25, 0.3) is 0 Å². The highest BCUT2D eigenvalue weighted by molar-refractivity contribution is 5.87. The van der Waals surface area contributed by atoms with Crippen LogP contribution in [0, 0.1) is 11.8 Å². The molecule has 6 N–H and O–H groups in total. The smallest absolute Gasteiger partial charge is 0.335 e. The summed E-state index contributed by atoms with van der Waals surface area (Å²) >= 11 is 0. The van der Waals surface area contributed by atoms with E-state index in [-0.39, 0.29) is 12.2 Å². The summed E-state index contributed by atoms with van der Waals surface area (Å²) in [5, 5.41) is 57.8. The number of fused-ring (bicyclic) bond motifs is 1. The summed E-state index contributed by atoms with van der Waals surface area (Å²) in [5.41, 5.74) is 0.583. The number of hydrogen-bond donors (Lipinski definition) is 6. The first-order chi connectivity index (χ1) is 12.4. The molecule has 1 saturated heterocycles. The summed E-state index contributed by atoms with van der Waals surface area (Å²) in [6, 6.07) is 0. The van der Waals surface area contributed by atoms with Gasteiger partial charge >= 0.3 is 5.97 Å². The Kier molecular flexibility index (Phi) is 5.63. The molecule has 3 rings (SSSR count). The Morgan fingerprint density at radius 3 is 2.50 bits per heavy atom. The third-order valence-corrected chi connectivity index (χ3v) is 5.06. The second-order valence-electron chi connectivity index (χ2n) is 6.52. The van der Waals surface area contributed by atoms with E-state index in [9.17, 15) is 35.4 Å². The van der Waals surface area contributed by atoms with Gasteiger partial charge in [-0.1, -0.05) is 6.08 Å². The molecule has 0 unspecified atom stereocenters. The predicted octanol–water partition coefficient (Wildman–Crippen LogP) is -2.32. The molecular weight excluding hydrogens is 352 g/mol. The van der Waals surface area contributed by atoms with Crippen LogP contribution < -0.4 is 0 Å². The Bertz CT molecular complexity index is 600. The number of carboxylic acids is 1. The van der Waals surface area contributed by atoms with Crippen molar-refractivity contribution in [1.29, 1.82) is 0 Å². The first-order valence-corrected chi connectivity index (χ1v) is 8.23. The highest BCUT2D eigenvalue weighted by Gasteiger charge is 2.49. The summed E-state index contributed by atoms with van der Waals surface area (Å²) in [4.78, 5) is 11.4. The summed E-state index contributed by atoms with van der Waals surface area (Å²) < 4.78 is 16.3. The molecule has 0 aromatic carbocycles. The van der Waals surface area contributed by atoms with Crippen molar-refractivity contribution in [2.24, 2.45) is 11.8 Å². The fourth-order valence-electron chi connectivity index (χ4n) is 3.62. The first kappa shape index (κ1) is 19.2. The number of aliphatic carboxylic acids is 1. The van der Waals surface area contributed by atoms with Crippen molar-refractivity contribution in [1.82, 2.24) is 0 Å². The zero-order valence-electron chi connectivity index (χ0n) is 13.7. The van der Waals surface area contributed by atoms with Gasteiger partial charge in [-0.05, 0) is 12.0 Å². The molecule has 3 aliphatic rings. The molecule has 10 heteroatoms. The summed E-state index contributed by atoms with van der Waals surface area (Å²) in [6.07, 6.45) is -5.21. The third kappa shape index (κ3) is 3.25. The van der Waals surface area contributed by atoms with Crippen molar-refractivity contribution < 1.29 is 49.6 Å². The van der Waals surface area contributed by atoms with Gasteiger partial charge in [-0.25, -0.2) is 4.79 Å². The average molecular weight is 374 g/mol. The standard InChI is InChI=1S/C16H22O10/c17-3-6-1-2-7-8(14(22)23)5-24-15(10(6)7)26-16-13(21)12(20)11(19)9(4-18)25-16/h1,5,7,9-13,15-21H,2-4H2,(H,22,23)/t7-,9-,10-,11-,12+,13+,15+,16-/m1/s1. The minimum atomic E-state index is -1.61. The van der Waals surface area contributed by atoms with E-state index in [0.29, 0.717) is 12.0 Å². The molecule has 1 fully saturated rings. The molecular formula is C16H22O10. The van der Waals surface area contributed by atoms with E-state index in [1.54, 1.807) is 6.08 Å². The molecule has 0 radical (unpaired) electrons. The van der Waals surface area contributed by atoms with Crippen LogP contribution in [0.3, 0.4) is 0 Å². The molecule has 0 bridgehead atoms. The lowest BCUT2D eigenvalue weighted by Crippen LogP contribution is -2.60. The van der Waals surface area contributed by atoms with Gasteiger partial charge in [0.1, 0.15) is 24.4 Å². The van der Waals surface area contributed by atoms with Gasteiger partial charge in [-0.2, -0.15) is 0 Å². The van der Waals surface area contributed by atoms with Crippen LogP contribution in [0.2, 0.25) is 0 Å². The van der Waals surface area contributed by atoms with Gasteiger partial charge in [0.05, 0.1) is 31.0 Å². The van der Waals surface area contributed by atoms with E-state index in [2.05, 4.69) is 0 Å². The van der Waals surface area contributed by atoms with Crippen molar-refractivity contribution in [2.75, 3.05) is 13.2 Å². The van der Waals surface area contributed by atoms with E-state index in [4.69, 9.17) is 14.2 Å². The second kappa shape index (κ2) is 7.61. The number of ether oxygens (including phenoxy) is 3. The van der Waals surface area contributed by atoms with Gasteiger partial charge in [0.25, 0.3) is 0 Å². The van der Waals surface area contributed by atoms with Crippen LogP contribution in [-0.4, -0.2) is 86.8 Å². The first-order valence-electron chi connectivity index (χ1n) is 8.23. The third-order valence-electron chi connectivity index (χ3n) is 5.06. The topological polar surface area (TPSA) is 166 Å². The summed E-state index contributed by atoms with van der Waals surface area (Å²) in [5.74, 6) is -2.22. The molecule has 26 heavy (non-hydrogen) atoms. The number of carboxylic acid groups (broad SMARTS) is 1. The minimum absolute atomic E-state index is 0.0448. The predicted molar refractivity (Wildman–Crippen MR) is 82.2 cm³/mol. The zero-order chi connectivity index (χ0) is 19.0. The molecule has 2 aliphatic heterocycles.